The summed E-state index contributed by atoms with van der Waals surface area (Å²) < 4.78 is 6.03. The number of hydrogen-bond donors (Lipinski definition) is 1. The standard InChI is InChI=1S/C16H29NO2/c1-15(2)11-13(16(3,4)19-15)14(18)9-8-12-7-5-6-10-17-12/h12-13,17H,5-11H2,1-4H3. The molecular formula is C16H29NO2. The van der Waals surface area contributed by atoms with Crippen LogP contribution in [0.15, 0.2) is 0 Å². The van der Waals surface area contributed by atoms with Crippen molar-refractivity contribution < 1.29 is 9.53 Å². The summed E-state index contributed by atoms with van der Waals surface area (Å²) in [6.45, 7) is 9.41. The van der Waals surface area contributed by atoms with E-state index in [4.69, 9.17) is 4.74 Å². The van der Waals surface area contributed by atoms with Gasteiger partial charge in [-0.05, 0) is 59.9 Å². The third kappa shape index (κ3) is 3.79. The molecule has 0 aromatic heterocycles. The van der Waals surface area contributed by atoms with E-state index in [9.17, 15) is 4.79 Å². The Morgan fingerprint density at radius 2 is 2.00 bits per heavy atom. The van der Waals surface area contributed by atoms with Crippen molar-refractivity contribution in [2.45, 2.75) is 83.5 Å². The Bertz CT molecular complexity index is 330. The molecule has 2 rings (SSSR count). The maximum Gasteiger partial charge on any atom is 0.139 e. The summed E-state index contributed by atoms with van der Waals surface area (Å²) in [5.74, 6) is 0.453. The van der Waals surface area contributed by atoms with Gasteiger partial charge in [-0.1, -0.05) is 6.42 Å². The largest absolute Gasteiger partial charge is 0.369 e. The average molecular weight is 267 g/mol. The number of carbonyl (C=O) groups excluding carboxylic acids is 1. The summed E-state index contributed by atoms with van der Waals surface area (Å²) in [5.41, 5.74) is -0.465. The minimum absolute atomic E-state index is 0.0612. The monoisotopic (exact) mass is 267 g/mol. The molecule has 110 valence electrons. The second-order valence-electron chi connectivity index (χ2n) is 7.37. The number of rotatable bonds is 4. The van der Waals surface area contributed by atoms with Gasteiger partial charge in [0.05, 0.1) is 11.2 Å². The molecule has 2 unspecified atom stereocenters. The lowest BCUT2D eigenvalue weighted by molar-refractivity contribution is -0.129. The van der Waals surface area contributed by atoms with Crippen LogP contribution in [0.3, 0.4) is 0 Å². The highest BCUT2D eigenvalue weighted by Crippen LogP contribution is 2.42. The van der Waals surface area contributed by atoms with E-state index in [-0.39, 0.29) is 17.1 Å². The van der Waals surface area contributed by atoms with Gasteiger partial charge in [-0.3, -0.25) is 4.79 Å². The van der Waals surface area contributed by atoms with E-state index in [1.807, 2.05) is 0 Å². The van der Waals surface area contributed by atoms with Crippen LogP contribution in [0.4, 0.5) is 0 Å². The summed E-state index contributed by atoms with van der Waals surface area (Å²) in [4.78, 5) is 12.5. The molecule has 2 saturated heterocycles. The summed E-state index contributed by atoms with van der Waals surface area (Å²) in [6, 6.07) is 0.552. The van der Waals surface area contributed by atoms with E-state index in [1.165, 1.54) is 19.3 Å². The molecule has 2 heterocycles. The van der Waals surface area contributed by atoms with Crippen LogP contribution in [-0.4, -0.2) is 29.6 Å². The van der Waals surface area contributed by atoms with Gasteiger partial charge in [0, 0.05) is 18.4 Å². The van der Waals surface area contributed by atoms with Gasteiger partial charge in [0.2, 0.25) is 0 Å². The molecule has 19 heavy (non-hydrogen) atoms. The smallest absolute Gasteiger partial charge is 0.139 e. The Morgan fingerprint density at radius 1 is 1.26 bits per heavy atom. The van der Waals surface area contributed by atoms with E-state index in [0.29, 0.717) is 18.2 Å². The predicted octanol–water partition coefficient (Wildman–Crippen LogP) is 3.07. The topological polar surface area (TPSA) is 38.3 Å². The van der Waals surface area contributed by atoms with Gasteiger partial charge in [-0.2, -0.15) is 0 Å². The highest BCUT2D eigenvalue weighted by Gasteiger charge is 2.48. The van der Waals surface area contributed by atoms with E-state index < -0.39 is 0 Å². The predicted molar refractivity (Wildman–Crippen MR) is 77.2 cm³/mol. The molecule has 0 radical (unpaired) electrons. The van der Waals surface area contributed by atoms with Crippen molar-refractivity contribution in [2.75, 3.05) is 6.54 Å². The number of ether oxygens (including phenoxy) is 1. The zero-order chi connectivity index (χ0) is 14.1. The number of ketones is 1. The Morgan fingerprint density at radius 3 is 2.53 bits per heavy atom. The normalized spacial score (nSPS) is 33.3. The van der Waals surface area contributed by atoms with Crippen LogP contribution in [0, 0.1) is 5.92 Å². The van der Waals surface area contributed by atoms with Crippen molar-refractivity contribution in [1.29, 1.82) is 0 Å². The van der Waals surface area contributed by atoms with Crippen LogP contribution in [0.25, 0.3) is 0 Å². The van der Waals surface area contributed by atoms with Gasteiger partial charge in [0.25, 0.3) is 0 Å². The van der Waals surface area contributed by atoms with Crippen LogP contribution in [0.1, 0.15) is 66.2 Å². The van der Waals surface area contributed by atoms with Gasteiger partial charge in [-0.25, -0.2) is 0 Å². The minimum atomic E-state index is -0.305. The molecule has 0 aromatic carbocycles. The Balaban J connectivity index is 1.85. The molecule has 1 N–H and O–H groups in total. The molecule has 2 aliphatic rings. The Hall–Kier alpha value is -0.410. The molecular weight excluding hydrogens is 238 g/mol. The van der Waals surface area contributed by atoms with E-state index in [1.54, 1.807) is 0 Å². The molecule has 0 aromatic rings. The average Bonchev–Trinajstić information content (AvgIpc) is 2.56. The van der Waals surface area contributed by atoms with Crippen molar-refractivity contribution in [2.24, 2.45) is 5.92 Å². The van der Waals surface area contributed by atoms with Crippen molar-refractivity contribution in [1.82, 2.24) is 5.32 Å². The third-order valence-corrected chi connectivity index (χ3v) is 4.61. The summed E-state index contributed by atoms with van der Waals surface area (Å²) >= 11 is 0. The first-order valence-corrected chi connectivity index (χ1v) is 7.76. The molecule has 2 aliphatic heterocycles. The lowest BCUT2D eigenvalue weighted by Gasteiger charge is -2.27. The summed E-state index contributed by atoms with van der Waals surface area (Å²) in [5, 5.41) is 3.52. The van der Waals surface area contributed by atoms with E-state index in [0.717, 1.165) is 19.4 Å². The lowest BCUT2D eigenvalue weighted by atomic mass is 9.82. The zero-order valence-electron chi connectivity index (χ0n) is 12.9. The highest BCUT2D eigenvalue weighted by atomic mass is 16.5. The molecule has 2 atom stereocenters. The van der Waals surface area contributed by atoms with Gasteiger partial charge in [-0.15, -0.1) is 0 Å². The first-order chi connectivity index (χ1) is 8.80. The number of piperidine rings is 1. The van der Waals surface area contributed by atoms with Gasteiger partial charge in [0.1, 0.15) is 5.78 Å². The third-order valence-electron chi connectivity index (χ3n) is 4.61. The van der Waals surface area contributed by atoms with Crippen LogP contribution in [-0.2, 0) is 9.53 Å². The fraction of sp³-hybridized carbons (Fsp3) is 0.938. The zero-order valence-corrected chi connectivity index (χ0v) is 12.9. The fourth-order valence-electron chi connectivity index (χ4n) is 3.72. The van der Waals surface area contributed by atoms with Crippen LogP contribution in [0.2, 0.25) is 0 Å². The molecule has 0 bridgehead atoms. The molecule has 3 heteroatoms. The van der Waals surface area contributed by atoms with Crippen molar-refractivity contribution in [3.05, 3.63) is 0 Å². The highest BCUT2D eigenvalue weighted by molar-refractivity contribution is 5.82. The van der Waals surface area contributed by atoms with Gasteiger partial charge in [0.15, 0.2) is 0 Å². The fourth-order valence-corrected chi connectivity index (χ4v) is 3.72. The van der Waals surface area contributed by atoms with E-state index >= 15 is 0 Å². The quantitative estimate of drug-likeness (QED) is 0.850. The lowest BCUT2D eigenvalue weighted by Crippen LogP contribution is -2.37. The second-order valence-corrected chi connectivity index (χ2v) is 7.37. The van der Waals surface area contributed by atoms with Crippen molar-refractivity contribution in [3.63, 3.8) is 0 Å². The molecule has 3 nitrogen and oxygen atoms in total. The van der Waals surface area contributed by atoms with Crippen LogP contribution in [0.5, 0.6) is 0 Å². The van der Waals surface area contributed by atoms with E-state index in [2.05, 4.69) is 33.0 Å². The maximum absolute atomic E-state index is 12.5. The number of Topliss-reactive ketones (excluding diaryl/α,β-unsaturated/α-hetero) is 1. The van der Waals surface area contributed by atoms with Crippen LogP contribution < -0.4 is 5.32 Å². The first-order valence-electron chi connectivity index (χ1n) is 7.76. The number of nitrogens with one attached hydrogen (secondary N) is 1. The molecule has 0 aliphatic carbocycles. The molecule has 0 spiro atoms. The second kappa shape index (κ2) is 5.53. The van der Waals surface area contributed by atoms with Crippen LogP contribution >= 0.6 is 0 Å². The van der Waals surface area contributed by atoms with Gasteiger partial charge < -0.3 is 10.1 Å². The SMILES string of the molecule is CC1(C)CC(C(=O)CCC2CCCCN2)C(C)(C)O1. The summed E-state index contributed by atoms with van der Waals surface area (Å²) in [7, 11) is 0. The number of hydrogen-bond acceptors (Lipinski definition) is 3. The Labute approximate surface area is 117 Å². The van der Waals surface area contributed by atoms with Crippen molar-refractivity contribution >= 4 is 5.78 Å². The first kappa shape index (κ1) is 15.0. The molecule has 0 saturated carbocycles. The number of carbonyl (C=O) groups is 1. The molecule has 0 amide bonds. The van der Waals surface area contributed by atoms with Gasteiger partial charge >= 0.3 is 0 Å². The Kier molecular flexibility index (Phi) is 4.36. The maximum atomic E-state index is 12.5. The minimum Gasteiger partial charge on any atom is -0.369 e. The summed E-state index contributed by atoms with van der Waals surface area (Å²) in [6.07, 6.45) is 6.36. The van der Waals surface area contributed by atoms with Crippen molar-refractivity contribution in [3.8, 4) is 0 Å². The molecule has 2 fully saturated rings.